The molecule has 6 nitrogen and oxygen atoms in total. The number of hydrogen-bond acceptors (Lipinski definition) is 4. The number of hydrogen-bond donors (Lipinski definition) is 1. The Morgan fingerprint density at radius 3 is 2.63 bits per heavy atom. The molecule has 0 fully saturated rings. The molecule has 0 radical (unpaired) electrons. The van der Waals surface area contributed by atoms with Gasteiger partial charge < -0.3 is 10.1 Å². The van der Waals surface area contributed by atoms with Crippen LogP contribution in [0.1, 0.15) is 23.0 Å². The van der Waals surface area contributed by atoms with Crippen molar-refractivity contribution >= 4 is 23.2 Å². The lowest BCUT2D eigenvalue weighted by atomic mass is 10.2. The number of rotatable bonds is 5. The summed E-state index contributed by atoms with van der Waals surface area (Å²) in [6.07, 6.45) is 1.51. The molecule has 0 unspecified atom stereocenters. The first-order valence-corrected chi connectivity index (χ1v) is 8.77. The fourth-order valence-corrected chi connectivity index (χ4v) is 2.67. The number of aromatic nitrogens is 2. The van der Waals surface area contributed by atoms with Gasteiger partial charge in [-0.2, -0.15) is 5.10 Å². The van der Waals surface area contributed by atoms with Crippen LogP contribution >= 0.6 is 11.6 Å². The number of carbonyl (C=O) groups excluding carboxylic acids is 1. The SMILES string of the molecule is CCOc1ccc(-n2ccc(=O)c(C(=O)Nc3cccc(Cl)c3C)n2)cc1. The standard InChI is InChI=1S/C20H18ClN3O3/c1-3-27-15-9-7-14(8-10-15)24-12-11-18(25)19(23-24)20(26)22-17-6-4-5-16(21)13(17)2/h4-12H,3H2,1-2H3,(H,22,26). The summed E-state index contributed by atoms with van der Waals surface area (Å²) in [5.74, 6) is 0.141. The van der Waals surface area contributed by atoms with Crippen LogP contribution in [0.5, 0.6) is 5.75 Å². The van der Waals surface area contributed by atoms with Crippen molar-refractivity contribution in [2.45, 2.75) is 13.8 Å². The van der Waals surface area contributed by atoms with Gasteiger partial charge >= 0.3 is 0 Å². The molecule has 0 aliphatic rings. The maximum absolute atomic E-state index is 12.6. The first kappa shape index (κ1) is 18.7. The van der Waals surface area contributed by atoms with Crippen molar-refractivity contribution in [3.8, 4) is 11.4 Å². The van der Waals surface area contributed by atoms with E-state index in [1.807, 2.05) is 6.92 Å². The zero-order chi connectivity index (χ0) is 19.4. The van der Waals surface area contributed by atoms with Crippen LogP contribution in [0.3, 0.4) is 0 Å². The van der Waals surface area contributed by atoms with Crippen molar-refractivity contribution in [3.05, 3.63) is 81.2 Å². The average molecular weight is 384 g/mol. The predicted octanol–water partition coefficient (Wildman–Crippen LogP) is 3.85. The van der Waals surface area contributed by atoms with E-state index in [0.29, 0.717) is 23.0 Å². The number of amides is 1. The number of carbonyl (C=O) groups is 1. The maximum atomic E-state index is 12.6. The van der Waals surface area contributed by atoms with Crippen LogP contribution in [0.4, 0.5) is 5.69 Å². The summed E-state index contributed by atoms with van der Waals surface area (Å²) in [5.41, 5.74) is 1.28. The summed E-state index contributed by atoms with van der Waals surface area (Å²) >= 11 is 6.07. The van der Waals surface area contributed by atoms with E-state index >= 15 is 0 Å². The van der Waals surface area contributed by atoms with E-state index < -0.39 is 11.3 Å². The Bertz CT molecular complexity index is 1030. The van der Waals surface area contributed by atoms with Gasteiger partial charge in [-0.25, -0.2) is 4.68 Å². The molecule has 0 saturated heterocycles. The summed E-state index contributed by atoms with van der Waals surface area (Å²) < 4.78 is 6.88. The molecule has 0 aliphatic carbocycles. The van der Waals surface area contributed by atoms with Gasteiger partial charge in [0.2, 0.25) is 5.43 Å². The van der Waals surface area contributed by atoms with Crippen molar-refractivity contribution in [3.63, 3.8) is 0 Å². The zero-order valence-electron chi connectivity index (χ0n) is 14.9. The minimum Gasteiger partial charge on any atom is -0.494 e. The van der Waals surface area contributed by atoms with Crippen LogP contribution in [0, 0.1) is 6.92 Å². The zero-order valence-corrected chi connectivity index (χ0v) is 15.7. The molecule has 3 aromatic rings. The molecule has 0 atom stereocenters. The Morgan fingerprint density at radius 1 is 1.19 bits per heavy atom. The highest BCUT2D eigenvalue weighted by molar-refractivity contribution is 6.31. The summed E-state index contributed by atoms with van der Waals surface area (Å²) in [5, 5.41) is 7.41. The van der Waals surface area contributed by atoms with E-state index in [1.165, 1.54) is 16.9 Å². The van der Waals surface area contributed by atoms with Gasteiger partial charge in [0.25, 0.3) is 5.91 Å². The number of anilines is 1. The summed E-state index contributed by atoms with van der Waals surface area (Å²) in [6.45, 7) is 4.27. The normalized spacial score (nSPS) is 10.5. The van der Waals surface area contributed by atoms with Crippen LogP contribution in [0.25, 0.3) is 5.69 Å². The number of benzene rings is 2. The maximum Gasteiger partial charge on any atom is 0.280 e. The minimum absolute atomic E-state index is 0.203. The van der Waals surface area contributed by atoms with Gasteiger partial charge in [0.05, 0.1) is 12.3 Å². The molecule has 0 spiro atoms. The summed E-state index contributed by atoms with van der Waals surface area (Å²) in [6, 6.07) is 13.7. The average Bonchev–Trinajstić information content (AvgIpc) is 2.67. The Hall–Kier alpha value is -3.12. The van der Waals surface area contributed by atoms with E-state index in [4.69, 9.17) is 16.3 Å². The Kier molecular flexibility index (Phi) is 5.57. The second kappa shape index (κ2) is 8.05. The molecule has 1 N–H and O–H groups in total. The van der Waals surface area contributed by atoms with E-state index in [-0.39, 0.29) is 5.69 Å². The molecule has 27 heavy (non-hydrogen) atoms. The van der Waals surface area contributed by atoms with Crippen molar-refractivity contribution in [1.82, 2.24) is 9.78 Å². The number of nitrogens with zero attached hydrogens (tertiary/aromatic N) is 2. The largest absolute Gasteiger partial charge is 0.494 e. The van der Waals surface area contributed by atoms with Crippen LogP contribution < -0.4 is 15.5 Å². The van der Waals surface area contributed by atoms with Gasteiger partial charge in [-0.3, -0.25) is 9.59 Å². The molecular formula is C20H18ClN3O3. The third kappa shape index (κ3) is 4.17. The number of halogens is 1. The van der Waals surface area contributed by atoms with E-state index in [2.05, 4.69) is 10.4 Å². The highest BCUT2D eigenvalue weighted by Crippen LogP contribution is 2.23. The summed E-state index contributed by atoms with van der Waals surface area (Å²) in [4.78, 5) is 24.7. The van der Waals surface area contributed by atoms with E-state index in [1.54, 1.807) is 49.4 Å². The van der Waals surface area contributed by atoms with Crippen LogP contribution in [0.2, 0.25) is 5.02 Å². The molecule has 7 heteroatoms. The predicted molar refractivity (Wildman–Crippen MR) is 105 cm³/mol. The van der Waals surface area contributed by atoms with Crippen molar-refractivity contribution < 1.29 is 9.53 Å². The molecule has 1 heterocycles. The Labute approximate surface area is 161 Å². The lowest BCUT2D eigenvalue weighted by molar-refractivity contribution is 0.101. The minimum atomic E-state index is -0.592. The number of ether oxygens (including phenoxy) is 1. The van der Waals surface area contributed by atoms with Crippen LogP contribution in [-0.2, 0) is 0 Å². The first-order valence-electron chi connectivity index (χ1n) is 8.39. The van der Waals surface area contributed by atoms with E-state index in [0.717, 1.165) is 11.3 Å². The van der Waals surface area contributed by atoms with Gasteiger partial charge in [-0.1, -0.05) is 17.7 Å². The fourth-order valence-electron chi connectivity index (χ4n) is 2.49. The van der Waals surface area contributed by atoms with Crippen LogP contribution in [0.15, 0.2) is 59.5 Å². The van der Waals surface area contributed by atoms with Gasteiger partial charge in [0.1, 0.15) is 5.75 Å². The molecule has 0 aliphatic heterocycles. The molecule has 2 aromatic carbocycles. The molecule has 1 amide bonds. The molecule has 0 bridgehead atoms. The fraction of sp³-hybridized carbons (Fsp3) is 0.150. The third-order valence-corrected chi connectivity index (χ3v) is 4.36. The quantitative estimate of drug-likeness (QED) is 0.726. The molecule has 3 rings (SSSR count). The van der Waals surface area contributed by atoms with Crippen molar-refractivity contribution in [2.24, 2.45) is 0 Å². The third-order valence-electron chi connectivity index (χ3n) is 3.95. The molecular weight excluding hydrogens is 366 g/mol. The Balaban J connectivity index is 1.89. The lowest BCUT2D eigenvalue weighted by Crippen LogP contribution is -2.25. The molecule has 0 saturated carbocycles. The van der Waals surface area contributed by atoms with Gasteiger partial charge in [-0.05, 0) is 55.8 Å². The second-order valence-corrected chi connectivity index (χ2v) is 6.17. The van der Waals surface area contributed by atoms with Crippen LogP contribution in [-0.4, -0.2) is 22.3 Å². The van der Waals surface area contributed by atoms with Crippen molar-refractivity contribution in [1.29, 1.82) is 0 Å². The smallest absolute Gasteiger partial charge is 0.280 e. The van der Waals surface area contributed by atoms with E-state index in [9.17, 15) is 9.59 Å². The molecule has 138 valence electrons. The molecule has 1 aromatic heterocycles. The summed E-state index contributed by atoms with van der Waals surface area (Å²) in [7, 11) is 0. The highest BCUT2D eigenvalue weighted by atomic mass is 35.5. The Morgan fingerprint density at radius 2 is 1.93 bits per heavy atom. The van der Waals surface area contributed by atoms with Crippen molar-refractivity contribution in [2.75, 3.05) is 11.9 Å². The second-order valence-electron chi connectivity index (χ2n) is 5.77. The highest BCUT2D eigenvalue weighted by Gasteiger charge is 2.15. The van der Waals surface area contributed by atoms with Gasteiger partial charge in [-0.15, -0.1) is 0 Å². The first-order chi connectivity index (χ1) is 13.0. The van der Waals surface area contributed by atoms with Gasteiger partial charge in [0.15, 0.2) is 5.69 Å². The van der Waals surface area contributed by atoms with Gasteiger partial charge in [0, 0.05) is 23.0 Å². The lowest BCUT2D eigenvalue weighted by Gasteiger charge is -2.11. The monoisotopic (exact) mass is 383 g/mol. The topological polar surface area (TPSA) is 73.2 Å². The number of nitrogens with one attached hydrogen (secondary N) is 1.